The summed E-state index contributed by atoms with van der Waals surface area (Å²) < 4.78 is 5.52. The second kappa shape index (κ2) is 10.4. The lowest BCUT2D eigenvalue weighted by molar-refractivity contribution is -0.122. The van der Waals surface area contributed by atoms with Crippen molar-refractivity contribution in [3.05, 3.63) is 60.2 Å². The lowest BCUT2D eigenvalue weighted by Gasteiger charge is -2.29. The molecule has 0 heterocycles. The number of hydrogen-bond donors (Lipinski definition) is 3. The Bertz CT molecular complexity index is 885. The molecule has 158 valence electrons. The Morgan fingerprint density at radius 2 is 1.67 bits per heavy atom. The summed E-state index contributed by atoms with van der Waals surface area (Å²) in [5.41, 5.74) is 0.957. The van der Waals surface area contributed by atoms with Gasteiger partial charge in [-0.1, -0.05) is 50.1 Å². The van der Waals surface area contributed by atoms with Gasteiger partial charge in [-0.3, -0.25) is 14.9 Å². The molecule has 3 N–H and O–H groups in total. The fourth-order valence-corrected chi connectivity index (χ4v) is 3.54. The van der Waals surface area contributed by atoms with Crippen molar-refractivity contribution in [2.45, 2.75) is 38.6 Å². The van der Waals surface area contributed by atoms with Crippen molar-refractivity contribution < 1.29 is 19.1 Å². The van der Waals surface area contributed by atoms with Crippen LogP contribution in [0.15, 0.2) is 54.6 Å². The van der Waals surface area contributed by atoms with Crippen LogP contribution in [0, 0.1) is 5.92 Å². The number of ether oxygens (including phenoxy) is 1. The molecule has 2 aromatic rings. The van der Waals surface area contributed by atoms with Crippen LogP contribution < -0.4 is 20.7 Å². The normalized spacial score (nSPS) is 18.2. The second-order valence-electron chi connectivity index (χ2n) is 7.49. The Balaban J connectivity index is 1.52. The molecule has 0 aliphatic heterocycles. The minimum Gasteiger partial charge on any atom is -0.483 e. The summed E-state index contributed by atoms with van der Waals surface area (Å²) in [5.74, 6) is -0.260. The number of imide groups is 1. The number of anilines is 1. The van der Waals surface area contributed by atoms with Crippen LogP contribution in [0.3, 0.4) is 0 Å². The molecule has 1 saturated carbocycles. The van der Waals surface area contributed by atoms with Crippen molar-refractivity contribution in [3.63, 3.8) is 0 Å². The maximum atomic E-state index is 12.6. The van der Waals surface area contributed by atoms with Crippen LogP contribution in [0.5, 0.6) is 5.75 Å². The molecule has 7 heteroatoms. The summed E-state index contributed by atoms with van der Waals surface area (Å²) in [6, 6.07) is 15.3. The smallest absolute Gasteiger partial charge is 0.321 e. The number of benzene rings is 2. The minimum atomic E-state index is -0.575. The molecule has 2 atom stereocenters. The van der Waals surface area contributed by atoms with E-state index in [1.54, 1.807) is 36.4 Å². The second-order valence-corrected chi connectivity index (χ2v) is 7.49. The van der Waals surface area contributed by atoms with Gasteiger partial charge in [0.05, 0.1) is 5.56 Å². The molecule has 0 saturated heterocycles. The molecule has 30 heavy (non-hydrogen) atoms. The molecule has 0 aromatic heterocycles. The lowest BCUT2D eigenvalue weighted by atomic mass is 9.86. The van der Waals surface area contributed by atoms with Gasteiger partial charge in [0.2, 0.25) is 0 Å². The van der Waals surface area contributed by atoms with E-state index < -0.39 is 11.9 Å². The third-order valence-corrected chi connectivity index (χ3v) is 5.20. The molecule has 0 spiro atoms. The summed E-state index contributed by atoms with van der Waals surface area (Å²) in [5, 5.41) is 7.94. The van der Waals surface area contributed by atoms with Crippen molar-refractivity contribution in [1.29, 1.82) is 0 Å². The van der Waals surface area contributed by atoms with E-state index in [4.69, 9.17) is 4.74 Å². The van der Waals surface area contributed by atoms with Crippen LogP contribution in [0.4, 0.5) is 10.5 Å². The highest BCUT2D eigenvalue weighted by Crippen LogP contribution is 2.23. The summed E-state index contributed by atoms with van der Waals surface area (Å²) in [4.78, 5) is 36.8. The van der Waals surface area contributed by atoms with E-state index in [-0.39, 0.29) is 24.3 Å². The van der Waals surface area contributed by atoms with Gasteiger partial charge in [-0.25, -0.2) is 4.79 Å². The van der Waals surface area contributed by atoms with Crippen LogP contribution in [-0.2, 0) is 4.79 Å². The van der Waals surface area contributed by atoms with Crippen molar-refractivity contribution in [3.8, 4) is 5.75 Å². The van der Waals surface area contributed by atoms with Crippen LogP contribution in [0.25, 0.3) is 0 Å². The molecule has 7 nitrogen and oxygen atoms in total. The Kier molecular flexibility index (Phi) is 7.43. The van der Waals surface area contributed by atoms with Crippen LogP contribution in [-0.4, -0.2) is 30.5 Å². The van der Waals surface area contributed by atoms with E-state index in [2.05, 4.69) is 22.9 Å². The first-order valence-corrected chi connectivity index (χ1v) is 10.2. The SMILES string of the molecule is C[C@H]1CCCC[C@@H]1NC(=O)NC(=O)COc1ccccc1C(=O)Nc1ccccc1. The van der Waals surface area contributed by atoms with E-state index in [9.17, 15) is 14.4 Å². The Labute approximate surface area is 176 Å². The van der Waals surface area contributed by atoms with Crippen molar-refractivity contribution in [1.82, 2.24) is 10.6 Å². The molecule has 0 bridgehead atoms. The number of urea groups is 1. The average molecular weight is 409 g/mol. The fraction of sp³-hybridized carbons (Fsp3) is 0.348. The first-order chi connectivity index (χ1) is 14.5. The van der Waals surface area contributed by atoms with E-state index in [1.807, 2.05) is 18.2 Å². The zero-order chi connectivity index (χ0) is 21.3. The monoisotopic (exact) mass is 409 g/mol. The molecular weight excluding hydrogens is 382 g/mol. The molecule has 1 aliphatic carbocycles. The number of rotatable bonds is 6. The quantitative estimate of drug-likeness (QED) is 0.677. The van der Waals surface area contributed by atoms with Crippen molar-refractivity contribution >= 4 is 23.5 Å². The predicted octanol–water partition coefficient (Wildman–Crippen LogP) is 3.72. The third kappa shape index (κ3) is 6.07. The highest BCUT2D eigenvalue weighted by molar-refractivity contribution is 6.06. The van der Waals surface area contributed by atoms with Gasteiger partial charge in [-0.15, -0.1) is 0 Å². The fourth-order valence-electron chi connectivity index (χ4n) is 3.54. The Hall–Kier alpha value is -3.35. The van der Waals surface area contributed by atoms with Gasteiger partial charge >= 0.3 is 6.03 Å². The number of hydrogen-bond acceptors (Lipinski definition) is 4. The van der Waals surface area contributed by atoms with Gasteiger partial charge in [-0.2, -0.15) is 0 Å². The topological polar surface area (TPSA) is 96.5 Å². The standard InChI is InChI=1S/C23H27N3O4/c1-16-9-5-7-13-19(16)25-23(29)26-21(27)15-30-20-14-8-6-12-18(20)22(28)24-17-10-3-2-4-11-17/h2-4,6,8,10-12,14,16,19H,5,7,9,13,15H2,1H3,(H,24,28)(H2,25,26,27,29)/t16-,19-/m0/s1. The van der Waals surface area contributed by atoms with Gasteiger partial charge in [-0.05, 0) is 43.0 Å². The van der Waals surface area contributed by atoms with Crippen LogP contribution in [0.1, 0.15) is 43.0 Å². The molecule has 0 unspecified atom stereocenters. The average Bonchev–Trinajstić information content (AvgIpc) is 2.75. The maximum absolute atomic E-state index is 12.6. The minimum absolute atomic E-state index is 0.0786. The van der Waals surface area contributed by atoms with Gasteiger partial charge in [0.15, 0.2) is 6.61 Å². The zero-order valence-corrected chi connectivity index (χ0v) is 17.0. The molecule has 0 radical (unpaired) electrons. The van der Waals surface area contributed by atoms with E-state index in [0.717, 1.165) is 19.3 Å². The van der Waals surface area contributed by atoms with Crippen LogP contribution in [0.2, 0.25) is 0 Å². The number of nitrogens with one attached hydrogen (secondary N) is 3. The predicted molar refractivity (Wildman–Crippen MR) is 114 cm³/mol. The van der Waals surface area contributed by atoms with E-state index in [1.165, 1.54) is 6.42 Å². The highest BCUT2D eigenvalue weighted by Gasteiger charge is 2.23. The number of carbonyl (C=O) groups excluding carboxylic acids is 3. The lowest BCUT2D eigenvalue weighted by Crippen LogP contribution is -2.48. The Morgan fingerprint density at radius 1 is 0.967 bits per heavy atom. The van der Waals surface area contributed by atoms with Gasteiger partial charge in [0, 0.05) is 11.7 Å². The first kappa shape index (κ1) is 21.4. The molecular formula is C23H27N3O4. The third-order valence-electron chi connectivity index (χ3n) is 5.20. The molecule has 3 rings (SSSR count). The van der Waals surface area contributed by atoms with E-state index in [0.29, 0.717) is 17.2 Å². The Morgan fingerprint density at radius 3 is 2.43 bits per heavy atom. The molecule has 4 amide bonds. The zero-order valence-electron chi connectivity index (χ0n) is 17.0. The maximum Gasteiger partial charge on any atom is 0.321 e. The van der Waals surface area contributed by atoms with Crippen molar-refractivity contribution in [2.24, 2.45) is 5.92 Å². The molecule has 1 fully saturated rings. The summed E-state index contributed by atoms with van der Waals surface area (Å²) in [6.07, 6.45) is 4.24. The molecule has 1 aliphatic rings. The summed E-state index contributed by atoms with van der Waals surface area (Å²) >= 11 is 0. The largest absolute Gasteiger partial charge is 0.483 e. The van der Waals surface area contributed by atoms with E-state index >= 15 is 0 Å². The number of para-hydroxylation sites is 2. The summed E-state index contributed by atoms with van der Waals surface area (Å²) in [7, 11) is 0. The van der Waals surface area contributed by atoms with Gasteiger partial charge in [0.25, 0.3) is 11.8 Å². The van der Waals surface area contributed by atoms with Gasteiger partial charge < -0.3 is 15.4 Å². The van der Waals surface area contributed by atoms with Gasteiger partial charge in [0.1, 0.15) is 5.75 Å². The number of carbonyl (C=O) groups is 3. The summed E-state index contributed by atoms with van der Waals surface area (Å²) in [6.45, 7) is 1.73. The molecule has 2 aromatic carbocycles. The van der Waals surface area contributed by atoms with Crippen molar-refractivity contribution in [2.75, 3.05) is 11.9 Å². The number of amides is 4. The van der Waals surface area contributed by atoms with Crippen LogP contribution >= 0.6 is 0 Å². The highest BCUT2D eigenvalue weighted by atomic mass is 16.5. The first-order valence-electron chi connectivity index (χ1n) is 10.2.